The lowest BCUT2D eigenvalue weighted by molar-refractivity contribution is -0.194. The number of hydroxylamine groups is 1. The first-order valence-electron chi connectivity index (χ1n) is 11.7. The van der Waals surface area contributed by atoms with Gasteiger partial charge in [0.25, 0.3) is 5.91 Å². The molecule has 2 heterocycles. The van der Waals surface area contributed by atoms with Gasteiger partial charge in [0.1, 0.15) is 23.2 Å². The first-order chi connectivity index (χ1) is 17.6. The fourth-order valence-corrected chi connectivity index (χ4v) is 6.18. The highest BCUT2D eigenvalue weighted by Crippen LogP contribution is 2.40. The van der Waals surface area contributed by atoms with Crippen molar-refractivity contribution in [2.24, 2.45) is 5.92 Å². The molecule has 0 aliphatic carbocycles. The Balaban J connectivity index is 1.72. The Morgan fingerprint density at radius 1 is 1.03 bits per heavy atom. The van der Waals surface area contributed by atoms with E-state index in [9.17, 15) is 31.6 Å². The molecule has 0 aromatic heterocycles. The Labute approximate surface area is 212 Å². The number of alkyl halides is 3. The van der Waals surface area contributed by atoms with Crippen LogP contribution >= 0.6 is 0 Å². The molecule has 9 nitrogen and oxygen atoms in total. The number of rotatable bonds is 7. The number of amides is 1. The first-order valence-corrected chi connectivity index (χ1v) is 13.2. The first kappa shape index (κ1) is 27.2. The van der Waals surface area contributed by atoms with E-state index in [-0.39, 0.29) is 17.6 Å². The van der Waals surface area contributed by atoms with Gasteiger partial charge in [0.05, 0.1) is 24.0 Å². The van der Waals surface area contributed by atoms with Gasteiger partial charge < -0.3 is 14.2 Å². The third kappa shape index (κ3) is 6.17. The minimum absolute atomic E-state index is 0.0785. The second-order valence-corrected chi connectivity index (χ2v) is 10.6. The molecule has 202 valence electrons. The summed E-state index contributed by atoms with van der Waals surface area (Å²) >= 11 is 0. The zero-order valence-electron chi connectivity index (χ0n) is 19.7. The average Bonchev–Trinajstić information content (AvgIpc) is 2.88. The van der Waals surface area contributed by atoms with E-state index >= 15 is 0 Å². The number of benzene rings is 2. The van der Waals surface area contributed by atoms with Crippen molar-refractivity contribution in [3.8, 4) is 11.5 Å². The Bertz CT molecular complexity index is 1190. The van der Waals surface area contributed by atoms with Crippen molar-refractivity contribution in [2.45, 2.75) is 49.1 Å². The topological polar surface area (TPSA) is 114 Å². The van der Waals surface area contributed by atoms with E-state index in [4.69, 9.17) is 14.2 Å². The molecule has 2 N–H and O–H groups in total. The molecule has 0 spiro atoms. The van der Waals surface area contributed by atoms with Crippen LogP contribution in [0.4, 0.5) is 13.2 Å². The number of carbonyl (C=O) groups excluding carboxylic acids is 1. The van der Waals surface area contributed by atoms with Crippen LogP contribution in [0, 0.1) is 5.92 Å². The number of sulfonamides is 1. The Kier molecular flexibility index (Phi) is 8.26. The van der Waals surface area contributed by atoms with Gasteiger partial charge in [0.15, 0.2) is 6.23 Å². The number of nitrogens with one attached hydrogen (secondary N) is 1. The summed E-state index contributed by atoms with van der Waals surface area (Å²) in [6.45, 7) is 0.364. The molecule has 2 unspecified atom stereocenters. The number of carbonyl (C=O) groups is 1. The van der Waals surface area contributed by atoms with E-state index in [1.165, 1.54) is 29.7 Å². The van der Waals surface area contributed by atoms with Crippen LogP contribution in [-0.2, 0) is 14.8 Å². The maximum absolute atomic E-state index is 13.9. The van der Waals surface area contributed by atoms with E-state index in [1.807, 2.05) is 0 Å². The highest BCUT2D eigenvalue weighted by molar-refractivity contribution is 7.89. The molecule has 2 atom stereocenters. The molecule has 2 aromatic rings. The maximum atomic E-state index is 13.9. The third-order valence-corrected chi connectivity index (χ3v) is 8.28. The maximum Gasteiger partial charge on any atom is 0.392 e. The van der Waals surface area contributed by atoms with Gasteiger partial charge in [0.2, 0.25) is 10.0 Å². The van der Waals surface area contributed by atoms with Crippen LogP contribution in [0.1, 0.15) is 36.0 Å². The molecule has 13 heteroatoms. The standard InChI is InChI=1S/C24H27F3N2O7S/c25-24(26,27)16-9-12-29(21(15-16)36-17-5-2-1-3-6-17)37(32,33)20-8-4-7-19(22(20)23(30)28-31)35-18-10-13-34-14-11-18/h1-8,16,18,21,31H,9-15H2,(H,28,30). The lowest BCUT2D eigenvalue weighted by atomic mass is 9.96. The molecule has 2 aliphatic heterocycles. The molecule has 1 amide bonds. The number of ether oxygens (including phenoxy) is 3. The Morgan fingerprint density at radius 2 is 1.73 bits per heavy atom. The molecule has 2 saturated heterocycles. The van der Waals surface area contributed by atoms with Gasteiger partial charge in [-0.05, 0) is 30.7 Å². The van der Waals surface area contributed by atoms with Gasteiger partial charge in [-0.25, -0.2) is 13.9 Å². The molecule has 0 bridgehead atoms. The average molecular weight is 545 g/mol. The Morgan fingerprint density at radius 3 is 2.38 bits per heavy atom. The molecule has 2 aliphatic rings. The predicted octanol–water partition coefficient (Wildman–Crippen LogP) is 3.73. The van der Waals surface area contributed by atoms with Crippen LogP contribution in [0.3, 0.4) is 0 Å². The predicted molar refractivity (Wildman–Crippen MR) is 124 cm³/mol. The highest BCUT2D eigenvalue weighted by Gasteiger charge is 2.48. The minimum atomic E-state index is -4.58. The summed E-state index contributed by atoms with van der Waals surface area (Å²) < 4.78 is 86.1. The van der Waals surface area contributed by atoms with E-state index in [2.05, 4.69) is 0 Å². The van der Waals surface area contributed by atoms with Crippen molar-refractivity contribution in [3.63, 3.8) is 0 Å². The summed E-state index contributed by atoms with van der Waals surface area (Å²) in [4.78, 5) is 12.1. The minimum Gasteiger partial charge on any atom is -0.489 e. The summed E-state index contributed by atoms with van der Waals surface area (Å²) in [5, 5.41) is 9.36. The number of hydrogen-bond acceptors (Lipinski definition) is 7. The van der Waals surface area contributed by atoms with Crippen LogP contribution < -0.4 is 15.0 Å². The van der Waals surface area contributed by atoms with E-state index in [0.717, 1.165) is 10.4 Å². The number of hydrogen-bond donors (Lipinski definition) is 2. The molecule has 2 aromatic carbocycles. The normalized spacial score (nSPS) is 21.8. The van der Waals surface area contributed by atoms with Gasteiger partial charge in [-0.3, -0.25) is 10.0 Å². The SMILES string of the molecule is O=C(NO)c1c(OC2CCOCC2)cccc1S(=O)(=O)N1CCC(C(F)(F)F)CC1Oc1ccccc1. The molecule has 4 rings (SSSR count). The molecule has 0 saturated carbocycles. The van der Waals surface area contributed by atoms with Crippen LogP contribution in [-0.4, -0.2) is 62.1 Å². The van der Waals surface area contributed by atoms with Crippen molar-refractivity contribution in [3.05, 3.63) is 54.1 Å². The second-order valence-electron chi connectivity index (χ2n) is 8.76. The zero-order valence-corrected chi connectivity index (χ0v) is 20.5. The quantitative estimate of drug-likeness (QED) is 0.403. The van der Waals surface area contributed by atoms with Crippen molar-refractivity contribution in [1.82, 2.24) is 9.79 Å². The van der Waals surface area contributed by atoms with Crippen LogP contribution in [0.25, 0.3) is 0 Å². The molecule has 0 radical (unpaired) electrons. The number of halogens is 3. The molecular formula is C24H27F3N2O7S. The fourth-order valence-electron chi connectivity index (χ4n) is 4.44. The summed E-state index contributed by atoms with van der Waals surface area (Å²) in [7, 11) is -4.58. The van der Waals surface area contributed by atoms with Gasteiger partial charge in [-0.1, -0.05) is 24.3 Å². The van der Waals surface area contributed by atoms with E-state index in [1.54, 1.807) is 18.2 Å². The van der Waals surface area contributed by atoms with Crippen LogP contribution in [0.15, 0.2) is 53.4 Å². The molecule has 2 fully saturated rings. The monoisotopic (exact) mass is 544 g/mol. The zero-order chi connectivity index (χ0) is 26.6. The summed E-state index contributed by atoms with van der Waals surface area (Å²) in [6.07, 6.45) is -6.46. The van der Waals surface area contributed by atoms with Crippen molar-refractivity contribution >= 4 is 15.9 Å². The van der Waals surface area contributed by atoms with E-state index in [0.29, 0.717) is 26.1 Å². The number of piperidine rings is 1. The van der Waals surface area contributed by atoms with Gasteiger partial charge in [-0.15, -0.1) is 0 Å². The second kappa shape index (κ2) is 11.3. The van der Waals surface area contributed by atoms with Gasteiger partial charge >= 0.3 is 6.18 Å². The third-order valence-electron chi connectivity index (χ3n) is 6.35. The number of nitrogens with zero attached hydrogens (tertiary/aromatic N) is 1. The van der Waals surface area contributed by atoms with Crippen LogP contribution in [0.5, 0.6) is 11.5 Å². The highest BCUT2D eigenvalue weighted by atomic mass is 32.2. The van der Waals surface area contributed by atoms with E-state index < -0.39 is 64.1 Å². The summed E-state index contributed by atoms with van der Waals surface area (Å²) in [6, 6.07) is 11.8. The van der Waals surface area contributed by atoms with Gasteiger partial charge in [0, 0.05) is 25.8 Å². The smallest absolute Gasteiger partial charge is 0.392 e. The fraction of sp³-hybridized carbons (Fsp3) is 0.458. The molecule has 37 heavy (non-hydrogen) atoms. The Hall–Kier alpha value is -2.87. The van der Waals surface area contributed by atoms with Crippen molar-refractivity contribution in [2.75, 3.05) is 19.8 Å². The van der Waals surface area contributed by atoms with Crippen molar-refractivity contribution in [1.29, 1.82) is 0 Å². The number of para-hydroxylation sites is 1. The van der Waals surface area contributed by atoms with Gasteiger partial charge in [-0.2, -0.15) is 17.5 Å². The van der Waals surface area contributed by atoms with Crippen LogP contribution in [0.2, 0.25) is 0 Å². The lowest BCUT2D eigenvalue weighted by Gasteiger charge is -2.39. The lowest BCUT2D eigenvalue weighted by Crippen LogP contribution is -2.51. The largest absolute Gasteiger partial charge is 0.489 e. The summed E-state index contributed by atoms with van der Waals surface area (Å²) in [5.74, 6) is -2.78. The summed E-state index contributed by atoms with van der Waals surface area (Å²) in [5.41, 5.74) is 0.995. The molecular weight excluding hydrogens is 517 g/mol. The van der Waals surface area contributed by atoms with Crippen molar-refractivity contribution < 1.29 is 45.8 Å².